The van der Waals surface area contributed by atoms with Crippen molar-refractivity contribution < 1.29 is 4.79 Å². The number of amides is 1. The Kier molecular flexibility index (Phi) is 10.2. The monoisotopic (exact) mass is 467 g/mol. The Bertz CT molecular complexity index is 694. The Morgan fingerprint density at radius 3 is 2.64 bits per heavy atom. The van der Waals surface area contributed by atoms with Gasteiger partial charge in [-0.2, -0.15) is 0 Å². The van der Waals surface area contributed by atoms with Crippen LogP contribution in [0, 0.1) is 5.41 Å². The van der Waals surface area contributed by atoms with Crippen molar-refractivity contribution in [3.8, 4) is 10.6 Å². The van der Waals surface area contributed by atoms with E-state index in [1.54, 1.807) is 16.2 Å². The van der Waals surface area contributed by atoms with Crippen molar-refractivity contribution in [2.24, 2.45) is 11.1 Å². The largest absolute Gasteiger partial charge is 0.345 e. The molecule has 2 aromatic rings. The second-order valence-corrected chi connectivity index (χ2v) is 8.22. The molecule has 4 nitrogen and oxygen atoms in total. The van der Waals surface area contributed by atoms with Gasteiger partial charge in [0.05, 0.1) is 12.1 Å². The molecule has 2 rings (SSSR count). The van der Waals surface area contributed by atoms with Gasteiger partial charge < -0.3 is 10.6 Å². The molecule has 0 aliphatic rings. The van der Waals surface area contributed by atoms with Crippen LogP contribution in [0.3, 0.4) is 0 Å². The maximum atomic E-state index is 12.3. The van der Waals surface area contributed by atoms with Crippen LogP contribution in [0.2, 0.25) is 0 Å². The average Bonchev–Trinajstić information content (AvgIpc) is 2.95. The molecule has 1 heterocycles. The molecule has 0 radical (unpaired) electrons. The predicted molar refractivity (Wildman–Crippen MR) is 114 cm³/mol. The SMILES string of the molecule is CN(CC(C)(C)CN)C(=O)Cc1csc(-c2cccc(Br)c2)n1.Cl.Cl. The molecule has 1 aromatic carbocycles. The van der Waals surface area contributed by atoms with E-state index in [2.05, 4.69) is 34.8 Å². The van der Waals surface area contributed by atoms with Gasteiger partial charge in [-0.3, -0.25) is 4.79 Å². The fraction of sp³-hybridized carbons (Fsp3) is 0.412. The lowest BCUT2D eigenvalue weighted by molar-refractivity contribution is -0.130. The second-order valence-electron chi connectivity index (χ2n) is 6.45. The number of aromatic nitrogens is 1. The Morgan fingerprint density at radius 1 is 1.36 bits per heavy atom. The minimum Gasteiger partial charge on any atom is -0.345 e. The summed E-state index contributed by atoms with van der Waals surface area (Å²) in [4.78, 5) is 18.7. The Morgan fingerprint density at radius 2 is 2.04 bits per heavy atom. The first-order valence-electron chi connectivity index (χ1n) is 7.45. The normalized spacial score (nSPS) is 10.6. The van der Waals surface area contributed by atoms with Crippen LogP contribution in [0.25, 0.3) is 10.6 Å². The van der Waals surface area contributed by atoms with Crippen LogP contribution in [0.5, 0.6) is 0 Å². The topological polar surface area (TPSA) is 59.2 Å². The van der Waals surface area contributed by atoms with Crippen molar-refractivity contribution in [2.45, 2.75) is 20.3 Å². The van der Waals surface area contributed by atoms with Crippen LogP contribution in [-0.4, -0.2) is 35.9 Å². The lowest BCUT2D eigenvalue weighted by Gasteiger charge is -2.28. The number of halogens is 3. The molecular formula is C17H24BrCl2N3OS. The van der Waals surface area contributed by atoms with Gasteiger partial charge in [-0.25, -0.2) is 4.98 Å². The number of nitrogens with zero attached hydrogens (tertiary/aromatic N) is 2. The molecule has 25 heavy (non-hydrogen) atoms. The molecule has 1 aromatic heterocycles. The highest BCUT2D eigenvalue weighted by Crippen LogP contribution is 2.26. The Hall–Kier alpha value is -0.660. The molecule has 0 fully saturated rings. The number of hydrogen-bond acceptors (Lipinski definition) is 4. The molecule has 140 valence electrons. The van der Waals surface area contributed by atoms with Crippen LogP contribution in [0.4, 0.5) is 0 Å². The van der Waals surface area contributed by atoms with E-state index in [4.69, 9.17) is 5.73 Å². The minimum absolute atomic E-state index is 0. The van der Waals surface area contributed by atoms with Gasteiger partial charge >= 0.3 is 0 Å². The zero-order valence-electron chi connectivity index (χ0n) is 14.5. The van der Waals surface area contributed by atoms with E-state index < -0.39 is 0 Å². The van der Waals surface area contributed by atoms with E-state index in [1.165, 1.54) is 0 Å². The predicted octanol–water partition coefficient (Wildman–Crippen LogP) is 4.40. The summed E-state index contributed by atoms with van der Waals surface area (Å²) in [6.07, 6.45) is 0.321. The average molecular weight is 469 g/mol. The third kappa shape index (κ3) is 7.23. The summed E-state index contributed by atoms with van der Waals surface area (Å²) in [6, 6.07) is 8.01. The third-order valence-electron chi connectivity index (χ3n) is 3.60. The Labute approximate surface area is 174 Å². The molecule has 0 spiro atoms. The number of rotatable bonds is 6. The summed E-state index contributed by atoms with van der Waals surface area (Å²) >= 11 is 5.03. The molecule has 8 heteroatoms. The Balaban J connectivity index is 0.00000288. The fourth-order valence-corrected chi connectivity index (χ4v) is 3.44. The van der Waals surface area contributed by atoms with Crippen LogP contribution in [-0.2, 0) is 11.2 Å². The number of thiazole rings is 1. The molecular weight excluding hydrogens is 445 g/mol. The smallest absolute Gasteiger partial charge is 0.228 e. The van der Waals surface area contributed by atoms with E-state index in [9.17, 15) is 4.79 Å². The summed E-state index contributed by atoms with van der Waals surface area (Å²) in [6.45, 7) is 5.31. The highest BCUT2D eigenvalue weighted by atomic mass is 79.9. The highest BCUT2D eigenvalue weighted by Gasteiger charge is 2.21. The van der Waals surface area contributed by atoms with Gasteiger partial charge in [0.1, 0.15) is 5.01 Å². The van der Waals surface area contributed by atoms with Gasteiger partial charge in [-0.1, -0.05) is 41.9 Å². The van der Waals surface area contributed by atoms with E-state index >= 15 is 0 Å². The molecule has 0 aliphatic heterocycles. The molecule has 0 saturated heterocycles. The molecule has 0 unspecified atom stereocenters. The van der Waals surface area contributed by atoms with E-state index in [1.807, 2.05) is 36.7 Å². The summed E-state index contributed by atoms with van der Waals surface area (Å²) in [5, 5.41) is 2.88. The third-order valence-corrected chi connectivity index (χ3v) is 5.03. The molecule has 0 saturated carbocycles. The van der Waals surface area contributed by atoms with Crippen molar-refractivity contribution >= 4 is 58.0 Å². The zero-order chi connectivity index (χ0) is 17.0. The highest BCUT2D eigenvalue weighted by molar-refractivity contribution is 9.10. The van der Waals surface area contributed by atoms with Gasteiger partial charge in [-0.05, 0) is 24.1 Å². The van der Waals surface area contributed by atoms with Crippen molar-refractivity contribution in [1.29, 1.82) is 0 Å². The standard InChI is InChI=1S/C17H22BrN3OS.2ClH/c1-17(2,10-19)11-21(3)15(22)8-14-9-23-16(20-14)12-5-4-6-13(18)7-12;;/h4-7,9H,8,10-11,19H2,1-3H3;2*1H. The van der Waals surface area contributed by atoms with Crippen molar-refractivity contribution in [1.82, 2.24) is 9.88 Å². The lowest BCUT2D eigenvalue weighted by Crippen LogP contribution is -2.40. The number of carbonyl (C=O) groups is 1. The number of hydrogen-bond donors (Lipinski definition) is 1. The van der Waals surface area contributed by atoms with E-state index in [0.717, 1.165) is 20.7 Å². The van der Waals surface area contributed by atoms with Gasteiger partial charge in [0, 0.05) is 29.0 Å². The number of benzene rings is 1. The van der Waals surface area contributed by atoms with Gasteiger partial charge in [0.25, 0.3) is 0 Å². The van der Waals surface area contributed by atoms with Crippen molar-refractivity contribution in [2.75, 3.05) is 20.1 Å². The summed E-state index contributed by atoms with van der Waals surface area (Å²) in [5.74, 6) is 0.0672. The molecule has 2 N–H and O–H groups in total. The molecule has 0 aliphatic carbocycles. The van der Waals surface area contributed by atoms with Gasteiger partial charge in [0.15, 0.2) is 0 Å². The van der Waals surface area contributed by atoms with Crippen LogP contribution in [0.1, 0.15) is 19.5 Å². The maximum absolute atomic E-state index is 12.3. The van der Waals surface area contributed by atoms with Crippen molar-refractivity contribution in [3.05, 3.63) is 39.8 Å². The van der Waals surface area contributed by atoms with Crippen molar-refractivity contribution in [3.63, 3.8) is 0 Å². The second kappa shape index (κ2) is 10.5. The summed E-state index contributed by atoms with van der Waals surface area (Å²) < 4.78 is 1.02. The first-order chi connectivity index (χ1) is 10.8. The maximum Gasteiger partial charge on any atom is 0.228 e. The quantitative estimate of drug-likeness (QED) is 0.683. The number of nitrogens with two attached hydrogens (primary N) is 1. The van der Waals surface area contributed by atoms with Crippen LogP contribution >= 0.6 is 52.1 Å². The zero-order valence-corrected chi connectivity index (χ0v) is 18.5. The van der Waals surface area contributed by atoms with Gasteiger partial charge in [-0.15, -0.1) is 36.2 Å². The van der Waals surface area contributed by atoms with E-state index in [-0.39, 0.29) is 36.1 Å². The lowest BCUT2D eigenvalue weighted by atomic mass is 9.93. The first-order valence-corrected chi connectivity index (χ1v) is 9.12. The molecule has 0 atom stereocenters. The van der Waals surface area contributed by atoms with Crippen LogP contribution < -0.4 is 5.73 Å². The molecule has 0 bridgehead atoms. The summed E-state index contributed by atoms with van der Waals surface area (Å²) in [5.41, 5.74) is 7.53. The van der Waals surface area contributed by atoms with Crippen LogP contribution in [0.15, 0.2) is 34.1 Å². The fourth-order valence-electron chi connectivity index (χ4n) is 2.23. The number of carbonyl (C=O) groups excluding carboxylic acids is 1. The minimum atomic E-state index is -0.0754. The van der Waals surface area contributed by atoms with E-state index in [0.29, 0.717) is 19.5 Å². The summed E-state index contributed by atoms with van der Waals surface area (Å²) in [7, 11) is 1.82. The first kappa shape index (κ1) is 24.3. The number of likely N-dealkylation sites (N-methyl/N-ethyl adjacent to an activating group) is 1. The van der Waals surface area contributed by atoms with Gasteiger partial charge in [0.2, 0.25) is 5.91 Å². The molecule has 1 amide bonds.